The quantitative estimate of drug-likeness (QED) is 0.582. The van der Waals surface area contributed by atoms with Gasteiger partial charge in [-0.2, -0.15) is 5.10 Å². The van der Waals surface area contributed by atoms with Crippen LogP contribution in [-0.4, -0.2) is 19.7 Å². The Labute approximate surface area is 138 Å². The van der Waals surface area contributed by atoms with E-state index in [4.69, 9.17) is 16.6 Å². The van der Waals surface area contributed by atoms with Crippen LogP contribution in [-0.2, 0) is 0 Å². The largest absolute Gasteiger partial charge is 0.338 e. The van der Waals surface area contributed by atoms with Crippen LogP contribution in [0.1, 0.15) is 11.3 Å². The average Bonchev–Trinajstić information content (AvgIpc) is 3.10. The Morgan fingerprint density at radius 1 is 1.00 bits per heavy atom. The normalized spacial score (nSPS) is 11.3. The third-order valence-corrected chi connectivity index (χ3v) is 4.31. The van der Waals surface area contributed by atoms with Crippen molar-refractivity contribution < 1.29 is 0 Å². The van der Waals surface area contributed by atoms with Crippen molar-refractivity contribution in [2.75, 3.05) is 0 Å². The lowest BCUT2D eigenvalue weighted by Crippen LogP contribution is -1.95. The zero-order valence-electron chi connectivity index (χ0n) is 12.8. The highest BCUT2D eigenvalue weighted by atomic mass is 35.5. The number of para-hydroxylation sites is 2. The Morgan fingerprint density at radius 3 is 2.52 bits per heavy atom. The number of halogens is 1. The van der Waals surface area contributed by atoms with E-state index in [1.165, 1.54) is 0 Å². The third-order valence-electron chi connectivity index (χ3n) is 3.96. The van der Waals surface area contributed by atoms with Crippen molar-refractivity contribution in [2.45, 2.75) is 13.8 Å². The Balaban J connectivity index is 1.92. The first kappa shape index (κ1) is 14.0. The molecule has 5 heteroatoms. The number of imidazole rings is 1. The number of aromatic nitrogens is 4. The number of benzene rings is 2. The fraction of sp³-hybridized carbons (Fsp3) is 0.111. The number of hydrogen-bond acceptors (Lipinski definition) is 2. The van der Waals surface area contributed by atoms with Gasteiger partial charge in [0.25, 0.3) is 0 Å². The van der Waals surface area contributed by atoms with Gasteiger partial charge in [-0.05, 0) is 37.6 Å². The maximum atomic E-state index is 6.61. The van der Waals surface area contributed by atoms with Crippen LogP contribution in [0.25, 0.3) is 28.1 Å². The number of nitrogens with one attached hydrogen (secondary N) is 1. The van der Waals surface area contributed by atoms with Gasteiger partial charge in [0.1, 0.15) is 11.0 Å². The first-order valence-corrected chi connectivity index (χ1v) is 7.79. The summed E-state index contributed by atoms with van der Waals surface area (Å²) < 4.78 is 1.74. The van der Waals surface area contributed by atoms with Crippen molar-refractivity contribution in [3.63, 3.8) is 0 Å². The second kappa shape index (κ2) is 5.25. The molecule has 0 bridgehead atoms. The van der Waals surface area contributed by atoms with E-state index < -0.39 is 0 Å². The zero-order chi connectivity index (χ0) is 16.0. The molecule has 2 heterocycles. The molecule has 4 aromatic rings. The predicted molar refractivity (Wildman–Crippen MR) is 93.1 cm³/mol. The lowest BCUT2D eigenvalue weighted by atomic mass is 10.2. The van der Waals surface area contributed by atoms with Crippen LogP contribution in [0.4, 0.5) is 0 Å². The van der Waals surface area contributed by atoms with Gasteiger partial charge in [0.05, 0.1) is 28.0 Å². The highest BCUT2D eigenvalue weighted by Crippen LogP contribution is 2.32. The molecule has 4 rings (SSSR count). The van der Waals surface area contributed by atoms with E-state index >= 15 is 0 Å². The minimum atomic E-state index is 0.561. The molecule has 2 aromatic carbocycles. The van der Waals surface area contributed by atoms with Crippen molar-refractivity contribution in [3.8, 4) is 17.1 Å². The maximum Gasteiger partial charge on any atom is 0.144 e. The molecule has 4 nitrogen and oxygen atoms in total. The van der Waals surface area contributed by atoms with E-state index in [2.05, 4.69) is 23.1 Å². The number of H-pyrrole nitrogens is 1. The first-order chi connectivity index (χ1) is 11.1. The zero-order valence-corrected chi connectivity index (χ0v) is 13.6. The van der Waals surface area contributed by atoms with Crippen LogP contribution < -0.4 is 0 Å². The lowest BCUT2D eigenvalue weighted by Gasteiger charge is -2.02. The molecule has 0 spiro atoms. The van der Waals surface area contributed by atoms with Gasteiger partial charge in [-0.3, -0.25) is 0 Å². The molecule has 0 saturated carbocycles. The summed E-state index contributed by atoms with van der Waals surface area (Å²) >= 11 is 6.61. The monoisotopic (exact) mass is 322 g/mol. The Morgan fingerprint density at radius 2 is 1.78 bits per heavy atom. The van der Waals surface area contributed by atoms with Gasteiger partial charge in [-0.15, -0.1) is 0 Å². The van der Waals surface area contributed by atoms with Crippen molar-refractivity contribution in [3.05, 3.63) is 64.9 Å². The van der Waals surface area contributed by atoms with Crippen molar-refractivity contribution in [2.24, 2.45) is 0 Å². The molecular weight excluding hydrogens is 308 g/mol. The van der Waals surface area contributed by atoms with Crippen LogP contribution in [0.2, 0.25) is 5.15 Å². The first-order valence-electron chi connectivity index (χ1n) is 7.41. The van der Waals surface area contributed by atoms with Crippen LogP contribution in [0.3, 0.4) is 0 Å². The van der Waals surface area contributed by atoms with Gasteiger partial charge in [0, 0.05) is 0 Å². The van der Waals surface area contributed by atoms with E-state index in [1.807, 2.05) is 49.4 Å². The Hall–Kier alpha value is -2.59. The predicted octanol–water partition coefficient (Wildman–Crippen LogP) is 4.69. The van der Waals surface area contributed by atoms with Crippen molar-refractivity contribution in [1.29, 1.82) is 0 Å². The summed E-state index contributed by atoms with van der Waals surface area (Å²) in [5.74, 6) is 0.749. The van der Waals surface area contributed by atoms with Crippen molar-refractivity contribution in [1.82, 2.24) is 19.7 Å². The SMILES string of the molecule is Cc1nn(-c2ccccc2)c(Cl)c1-c1nc2c(C)cccc2[nH]1. The molecule has 0 aliphatic heterocycles. The Kier molecular flexibility index (Phi) is 3.20. The van der Waals surface area contributed by atoms with E-state index in [1.54, 1.807) is 4.68 Å². The molecule has 0 saturated heterocycles. The minimum Gasteiger partial charge on any atom is -0.338 e. The molecule has 0 aliphatic rings. The van der Waals surface area contributed by atoms with Crippen molar-refractivity contribution >= 4 is 22.6 Å². The summed E-state index contributed by atoms with van der Waals surface area (Å²) in [6, 6.07) is 15.9. The summed E-state index contributed by atoms with van der Waals surface area (Å²) in [5, 5.41) is 5.13. The summed E-state index contributed by atoms with van der Waals surface area (Å²) in [7, 11) is 0. The molecule has 2 aromatic heterocycles. The number of aryl methyl sites for hydroxylation is 2. The van der Waals surface area contributed by atoms with Gasteiger partial charge >= 0.3 is 0 Å². The van der Waals surface area contributed by atoms with Gasteiger partial charge in [-0.1, -0.05) is 41.9 Å². The van der Waals surface area contributed by atoms with Crippen LogP contribution in [0.15, 0.2) is 48.5 Å². The minimum absolute atomic E-state index is 0.561. The van der Waals surface area contributed by atoms with E-state index in [-0.39, 0.29) is 0 Å². The van der Waals surface area contributed by atoms with Crippen LogP contribution in [0.5, 0.6) is 0 Å². The number of aromatic amines is 1. The highest BCUT2D eigenvalue weighted by molar-refractivity contribution is 6.32. The number of nitrogens with zero attached hydrogens (tertiary/aromatic N) is 3. The number of fused-ring (bicyclic) bond motifs is 1. The molecule has 0 unspecified atom stereocenters. The molecule has 0 amide bonds. The van der Waals surface area contributed by atoms with Gasteiger partial charge in [-0.25, -0.2) is 9.67 Å². The number of hydrogen-bond donors (Lipinski definition) is 1. The third kappa shape index (κ3) is 2.23. The summed E-state index contributed by atoms with van der Waals surface area (Å²) in [4.78, 5) is 8.07. The molecule has 0 fully saturated rings. The Bertz CT molecular complexity index is 999. The molecule has 0 atom stereocenters. The van der Waals surface area contributed by atoms with Gasteiger partial charge in [0.15, 0.2) is 0 Å². The fourth-order valence-electron chi connectivity index (χ4n) is 2.80. The highest BCUT2D eigenvalue weighted by Gasteiger charge is 2.19. The number of rotatable bonds is 2. The standard InChI is InChI=1S/C18H15ClN4/c1-11-7-6-10-14-16(11)21-18(20-14)15-12(2)22-23(17(15)19)13-8-4-3-5-9-13/h3-10H,1-2H3,(H,20,21). The maximum absolute atomic E-state index is 6.61. The fourth-order valence-corrected chi connectivity index (χ4v) is 3.16. The topological polar surface area (TPSA) is 46.5 Å². The molecule has 114 valence electrons. The summed E-state index contributed by atoms with van der Waals surface area (Å²) in [6.45, 7) is 4.00. The van der Waals surface area contributed by atoms with E-state index in [0.29, 0.717) is 5.15 Å². The summed E-state index contributed by atoms with van der Waals surface area (Å²) in [6.07, 6.45) is 0. The molecular formula is C18H15ClN4. The van der Waals surface area contributed by atoms with Gasteiger partial charge in [0.2, 0.25) is 0 Å². The van der Waals surface area contributed by atoms with Crippen LogP contribution >= 0.6 is 11.6 Å². The van der Waals surface area contributed by atoms with Crippen LogP contribution in [0, 0.1) is 13.8 Å². The molecule has 1 N–H and O–H groups in total. The molecule has 0 aliphatic carbocycles. The smallest absolute Gasteiger partial charge is 0.144 e. The van der Waals surface area contributed by atoms with E-state index in [9.17, 15) is 0 Å². The van der Waals surface area contributed by atoms with Gasteiger partial charge < -0.3 is 4.98 Å². The molecule has 0 radical (unpaired) electrons. The average molecular weight is 323 g/mol. The van der Waals surface area contributed by atoms with E-state index in [0.717, 1.165) is 39.4 Å². The second-order valence-electron chi connectivity index (χ2n) is 5.56. The lowest BCUT2D eigenvalue weighted by molar-refractivity contribution is 0.863. The summed E-state index contributed by atoms with van der Waals surface area (Å²) in [5.41, 5.74) is 5.71. The molecule has 23 heavy (non-hydrogen) atoms. The second-order valence-corrected chi connectivity index (χ2v) is 5.91.